The first-order chi connectivity index (χ1) is 18.5. The van der Waals surface area contributed by atoms with E-state index in [1.54, 1.807) is 12.1 Å². The number of aryl methyl sites for hydroxylation is 1. The molecule has 5 aromatic rings. The van der Waals surface area contributed by atoms with E-state index in [9.17, 15) is 8.42 Å². The van der Waals surface area contributed by atoms with Gasteiger partial charge >= 0.3 is 10.4 Å². The Morgan fingerprint density at radius 1 is 0.658 bits per heavy atom. The maximum absolute atomic E-state index is 12.6. The molecule has 1 aliphatic rings. The van der Waals surface area contributed by atoms with Gasteiger partial charge in [0.15, 0.2) is 11.5 Å². The maximum Gasteiger partial charge on any atom is 0.501 e. The minimum absolute atomic E-state index is 0.241. The number of unbranched alkanes of at least 4 members (excludes halogenated alkanes) is 2. The molecule has 0 fully saturated rings. The van der Waals surface area contributed by atoms with Crippen LogP contribution in [0.25, 0.3) is 32.7 Å². The van der Waals surface area contributed by atoms with E-state index in [4.69, 9.17) is 8.37 Å². The molecule has 1 aliphatic heterocycles. The fraction of sp³-hybridized carbons (Fsp3) is 0.152. The molecular formula is C33H26O4S. The smallest absolute Gasteiger partial charge is 0.352 e. The van der Waals surface area contributed by atoms with Crippen LogP contribution in [-0.4, -0.2) is 8.42 Å². The van der Waals surface area contributed by atoms with Crippen LogP contribution in [-0.2, 0) is 16.8 Å². The van der Waals surface area contributed by atoms with Crippen LogP contribution < -0.4 is 8.37 Å². The van der Waals surface area contributed by atoms with Gasteiger partial charge in [0, 0.05) is 22.3 Å². The summed E-state index contributed by atoms with van der Waals surface area (Å²) in [5.41, 5.74) is 4.58. The van der Waals surface area contributed by atoms with Gasteiger partial charge < -0.3 is 8.37 Å². The van der Waals surface area contributed by atoms with Gasteiger partial charge in [0.25, 0.3) is 0 Å². The fourth-order valence-electron chi connectivity index (χ4n) is 5.01. The molecule has 0 bridgehead atoms. The Labute approximate surface area is 223 Å². The van der Waals surface area contributed by atoms with Crippen molar-refractivity contribution in [3.05, 3.63) is 108 Å². The predicted octanol–water partition coefficient (Wildman–Crippen LogP) is 7.81. The number of hydrogen-bond donors (Lipinski definition) is 0. The molecule has 0 aliphatic carbocycles. The molecule has 6 rings (SSSR count). The van der Waals surface area contributed by atoms with Crippen LogP contribution in [0.4, 0.5) is 0 Å². The fourth-order valence-corrected chi connectivity index (χ4v) is 5.76. The summed E-state index contributed by atoms with van der Waals surface area (Å²) in [6.07, 6.45) is 4.79. The highest BCUT2D eigenvalue weighted by molar-refractivity contribution is 7.82. The van der Waals surface area contributed by atoms with Gasteiger partial charge in [-0.15, -0.1) is 8.42 Å². The first-order valence-electron chi connectivity index (χ1n) is 12.8. The summed E-state index contributed by atoms with van der Waals surface area (Å²) in [7, 11) is -4.26. The van der Waals surface area contributed by atoms with Gasteiger partial charge in [0.2, 0.25) is 0 Å². The zero-order chi connectivity index (χ0) is 26.1. The van der Waals surface area contributed by atoms with Crippen LogP contribution >= 0.6 is 0 Å². The van der Waals surface area contributed by atoms with Crippen LogP contribution in [0.5, 0.6) is 11.5 Å². The van der Waals surface area contributed by atoms with Gasteiger partial charge in [0.1, 0.15) is 0 Å². The average Bonchev–Trinajstić information content (AvgIpc) is 3.05. The van der Waals surface area contributed by atoms with Gasteiger partial charge in [-0.3, -0.25) is 0 Å². The summed E-state index contributed by atoms with van der Waals surface area (Å²) >= 11 is 0. The Morgan fingerprint density at radius 3 is 2.03 bits per heavy atom. The average molecular weight is 519 g/mol. The van der Waals surface area contributed by atoms with Gasteiger partial charge in [-0.05, 0) is 76.3 Å². The van der Waals surface area contributed by atoms with Crippen LogP contribution in [0.1, 0.15) is 42.9 Å². The van der Waals surface area contributed by atoms with Gasteiger partial charge in [-0.2, -0.15) is 0 Å². The van der Waals surface area contributed by atoms with Crippen molar-refractivity contribution in [2.75, 3.05) is 0 Å². The topological polar surface area (TPSA) is 52.6 Å². The summed E-state index contributed by atoms with van der Waals surface area (Å²) in [6, 6.07) is 29.3. The van der Waals surface area contributed by atoms with E-state index in [0.29, 0.717) is 11.1 Å². The molecule has 38 heavy (non-hydrogen) atoms. The molecule has 0 N–H and O–H groups in total. The van der Waals surface area contributed by atoms with Crippen molar-refractivity contribution in [3.63, 3.8) is 0 Å². The van der Waals surface area contributed by atoms with E-state index in [1.807, 2.05) is 54.6 Å². The van der Waals surface area contributed by atoms with Crippen molar-refractivity contribution in [2.24, 2.45) is 0 Å². The summed E-state index contributed by atoms with van der Waals surface area (Å²) in [6.45, 7) is 2.22. The lowest BCUT2D eigenvalue weighted by Crippen LogP contribution is -2.15. The first-order valence-corrected chi connectivity index (χ1v) is 14.2. The monoisotopic (exact) mass is 518 g/mol. The Bertz CT molecular complexity index is 1840. The van der Waals surface area contributed by atoms with Crippen molar-refractivity contribution < 1.29 is 16.8 Å². The lowest BCUT2D eigenvalue weighted by Gasteiger charge is -2.13. The van der Waals surface area contributed by atoms with E-state index in [2.05, 4.69) is 43.0 Å². The molecule has 1 heterocycles. The summed E-state index contributed by atoms with van der Waals surface area (Å²) in [5.74, 6) is 7.03. The van der Waals surface area contributed by atoms with Crippen molar-refractivity contribution in [1.82, 2.24) is 0 Å². The minimum atomic E-state index is -4.26. The first kappa shape index (κ1) is 24.1. The summed E-state index contributed by atoms with van der Waals surface area (Å²) in [4.78, 5) is 0. The third kappa shape index (κ3) is 4.71. The molecule has 0 spiro atoms. The van der Waals surface area contributed by atoms with E-state index in [1.165, 1.54) is 24.8 Å². The van der Waals surface area contributed by atoms with Gasteiger partial charge in [0.05, 0.1) is 0 Å². The molecule has 0 aromatic heterocycles. The van der Waals surface area contributed by atoms with Crippen molar-refractivity contribution in [1.29, 1.82) is 0 Å². The van der Waals surface area contributed by atoms with Gasteiger partial charge in [-0.25, -0.2) is 0 Å². The molecular weight excluding hydrogens is 492 g/mol. The highest BCUT2D eigenvalue weighted by Gasteiger charge is 2.29. The van der Waals surface area contributed by atoms with E-state index < -0.39 is 10.4 Å². The number of hydrogen-bond acceptors (Lipinski definition) is 4. The second kappa shape index (κ2) is 9.89. The van der Waals surface area contributed by atoms with Crippen LogP contribution in [0.15, 0.2) is 91.0 Å². The Balaban J connectivity index is 1.42. The zero-order valence-electron chi connectivity index (χ0n) is 21.0. The number of rotatable bonds is 4. The lowest BCUT2D eigenvalue weighted by atomic mass is 9.92. The largest absolute Gasteiger partial charge is 0.501 e. The van der Waals surface area contributed by atoms with E-state index in [0.717, 1.165) is 39.1 Å². The van der Waals surface area contributed by atoms with Crippen LogP contribution in [0.2, 0.25) is 0 Å². The molecule has 188 valence electrons. The molecule has 0 saturated heterocycles. The van der Waals surface area contributed by atoms with Crippen molar-refractivity contribution >= 4 is 31.9 Å². The Morgan fingerprint density at radius 2 is 1.29 bits per heavy atom. The normalized spacial score (nSPS) is 13.4. The Kier molecular flexibility index (Phi) is 6.27. The summed E-state index contributed by atoms with van der Waals surface area (Å²) in [5, 5.41) is 3.67. The third-order valence-electron chi connectivity index (χ3n) is 6.88. The molecule has 0 radical (unpaired) electrons. The maximum atomic E-state index is 12.6. The standard InChI is InChI=1S/C33H26O4S/c1-2-3-4-7-23-10-12-24(13-11-23)14-15-25-16-19-29-27(22-25)18-21-31-33(29)32-28-9-6-5-8-26(28)17-20-30(32)36-38(34,35)37-31/h5-6,8-13,16-22H,2-4,7H2,1H3. The molecule has 5 heteroatoms. The molecule has 0 amide bonds. The summed E-state index contributed by atoms with van der Waals surface area (Å²) < 4.78 is 35.9. The molecule has 0 saturated carbocycles. The third-order valence-corrected chi connectivity index (χ3v) is 7.65. The Hall–Kier alpha value is -4.27. The number of fused-ring (bicyclic) bond motifs is 7. The quantitative estimate of drug-likeness (QED) is 0.180. The molecule has 5 aromatic carbocycles. The highest BCUT2D eigenvalue weighted by Crippen LogP contribution is 2.48. The van der Waals surface area contributed by atoms with Crippen LogP contribution in [0, 0.1) is 11.8 Å². The lowest BCUT2D eigenvalue weighted by molar-refractivity contribution is 0.398. The van der Waals surface area contributed by atoms with Crippen LogP contribution in [0.3, 0.4) is 0 Å². The van der Waals surface area contributed by atoms with E-state index >= 15 is 0 Å². The highest BCUT2D eigenvalue weighted by atomic mass is 32.3. The van der Waals surface area contributed by atoms with Crippen molar-refractivity contribution in [2.45, 2.75) is 32.6 Å². The van der Waals surface area contributed by atoms with Crippen molar-refractivity contribution in [3.8, 4) is 34.5 Å². The minimum Gasteiger partial charge on any atom is -0.352 e. The second-order valence-corrected chi connectivity index (χ2v) is 10.7. The predicted molar refractivity (Wildman–Crippen MR) is 153 cm³/mol. The number of benzene rings is 5. The molecule has 0 unspecified atom stereocenters. The second-order valence-electron chi connectivity index (χ2n) is 9.51. The SMILES string of the molecule is CCCCCc1ccc(C#Cc2ccc3c4c(ccc3c2)OS(=O)(=O)Oc2ccc3ccccc3c2-4)cc1. The zero-order valence-corrected chi connectivity index (χ0v) is 21.8. The van der Waals surface area contributed by atoms with Gasteiger partial charge in [-0.1, -0.05) is 86.2 Å². The van der Waals surface area contributed by atoms with E-state index in [-0.39, 0.29) is 11.5 Å². The molecule has 4 nitrogen and oxygen atoms in total. The molecule has 0 atom stereocenters.